The standard InChI is InChI=1S/C10H9ClN2O2/c1-14-10-8(6-11)9(15-13-10)7-2-4-12-5-3-7/h2-5H,6H2,1H3. The molecule has 78 valence electrons. The minimum Gasteiger partial charge on any atom is -0.479 e. The van der Waals surface area contributed by atoms with E-state index in [2.05, 4.69) is 10.1 Å². The Bertz CT molecular complexity index is 442. The van der Waals surface area contributed by atoms with Gasteiger partial charge in [-0.1, -0.05) is 0 Å². The predicted molar refractivity (Wildman–Crippen MR) is 55.8 cm³/mol. The van der Waals surface area contributed by atoms with Gasteiger partial charge in [0, 0.05) is 18.0 Å². The normalized spacial score (nSPS) is 10.3. The van der Waals surface area contributed by atoms with Gasteiger partial charge in [0.1, 0.15) is 0 Å². The average molecular weight is 225 g/mol. The van der Waals surface area contributed by atoms with Gasteiger partial charge in [-0.15, -0.1) is 11.6 Å². The van der Waals surface area contributed by atoms with Crippen molar-refractivity contribution in [3.05, 3.63) is 30.1 Å². The molecule has 0 amide bonds. The van der Waals surface area contributed by atoms with Crippen LogP contribution in [-0.4, -0.2) is 17.3 Å². The number of halogens is 1. The number of nitrogens with zero attached hydrogens (tertiary/aromatic N) is 2. The van der Waals surface area contributed by atoms with Crippen molar-refractivity contribution in [2.45, 2.75) is 5.88 Å². The van der Waals surface area contributed by atoms with E-state index < -0.39 is 0 Å². The monoisotopic (exact) mass is 224 g/mol. The van der Waals surface area contributed by atoms with Crippen molar-refractivity contribution in [3.8, 4) is 17.2 Å². The molecule has 2 aromatic rings. The Labute approximate surface area is 91.8 Å². The van der Waals surface area contributed by atoms with Crippen molar-refractivity contribution in [1.82, 2.24) is 10.1 Å². The molecule has 2 rings (SSSR count). The van der Waals surface area contributed by atoms with E-state index in [-0.39, 0.29) is 0 Å². The van der Waals surface area contributed by atoms with Crippen LogP contribution in [0.2, 0.25) is 0 Å². The molecule has 0 unspecified atom stereocenters. The maximum Gasteiger partial charge on any atom is 0.258 e. The lowest BCUT2D eigenvalue weighted by atomic mass is 10.1. The average Bonchev–Trinajstić information content (AvgIpc) is 2.72. The lowest BCUT2D eigenvalue weighted by Gasteiger charge is -1.98. The number of alkyl halides is 1. The van der Waals surface area contributed by atoms with Gasteiger partial charge in [0.15, 0.2) is 5.76 Å². The molecule has 2 aromatic heterocycles. The highest BCUT2D eigenvalue weighted by Gasteiger charge is 2.16. The van der Waals surface area contributed by atoms with Gasteiger partial charge < -0.3 is 9.26 Å². The number of pyridine rings is 1. The lowest BCUT2D eigenvalue weighted by molar-refractivity contribution is 0.342. The Morgan fingerprint density at radius 1 is 1.40 bits per heavy atom. The summed E-state index contributed by atoms with van der Waals surface area (Å²) in [5.41, 5.74) is 1.64. The lowest BCUT2D eigenvalue weighted by Crippen LogP contribution is -1.87. The van der Waals surface area contributed by atoms with Gasteiger partial charge in [0.25, 0.3) is 5.88 Å². The maximum absolute atomic E-state index is 5.81. The molecule has 2 heterocycles. The molecule has 0 spiro atoms. The van der Waals surface area contributed by atoms with Crippen LogP contribution in [-0.2, 0) is 5.88 Å². The zero-order valence-corrected chi connectivity index (χ0v) is 8.86. The largest absolute Gasteiger partial charge is 0.479 e. The van der Waals surface area contributed by atoms with Crippen molar-refractivity contribution in [1.29, 1.82) is 0 Å². The molecule has 15 heavy (non-hydrogen) atoms. The molecule has 0 fully saturated rings. The SMILES string of the molecule is COc1noc(-c2ccncc2)c1CCl. The Morgan fingerprint density at radius 3 is 2.73 bits per heavy atom. The van der Waals surface area contributed by atoms with Gasteiger partial charge in [-0.05, 0) is 17.3 Å². The molecule has 0 N–H and O–H groups in total. The number of ether oxygens (including phenoxy) is 1. The molecule has 0 atom stereocenters. The summed E-state index contributed by atoms with van der Waals surface area (Å²) in [7, 11) is 1.53. The minimum absolute atomic E-state index is 0.296. The summed E-state index contributed by atoms with van der Waals surface area (Å²) in [6, 6.07) is 3.66. The number of rotatable bonds is 3. The van der Waals surface area contributed by atoms with E-state index >= 15 is 0 Å². The van der Waals surface area contributed by atoms with E-state index in [0.717, 1.165) is 11.1 Å². The number of aromatic nitrogens is 2. The smallest absolute Gasteiger partial charge is 0.258 e. The fraction of sp³-hybridized carbons (Fsp3) is 0.200. The van der Waals surface area contributed by atoms with Gasteiger partial charge in [-0.3, -0.25) is 4.98 Å². The molecule has 0 saturated heterocycles. The van der Waals surface area contributed by atoms with Gasteiger partial charge >= 0.3 is 0 Å². The molecular weight excluding hydrogens is 216 g/mol. The first-order valence-corrected chi connectivity index (χ1v) is 4.89. The highest BCUT2D eigenvalue weighted by atomic mass is 35.5. The zero-order chi connectivity index (χ0) is 10.7. The molecular formula is C10H9ClN2O2. The third kappa shape index (κ3) is 1.80. The highest BCUT2D eigenvalue weighted by Crippen LogP contribution is 2.31. The molecule has 5 heteroatoms. The first-order chi connectivity index (χ1) is 7.36. The first-order valence-electron chi connectivity index (χ1n) is 4.35. The summed E-state index contributed by atoms with van der Waals surface area (Å²) in [5.74, 6) is 1.35. The van der Waals surface area contributed by atoms with Gasteiger partial charge in [0.2, 0.25) is 0 Å². The zero-order valence-electron chi connectivity index (χ0n) is 8.11. The molecule has 0 aliphatic heterocycles. The van der Waals surface area contributed by atoms with Crippen molar-refractivity contribution in [2.24, 2.45) is 0 Å². The fourth-order valence-electron chi connectivity index (χ4n) is 1.30. The van der Waals surface area contributed by atoms with Crippen LogP contribution in [0.1, 0.15) is 5.56 Å². The molecule has 0 radical (unpaired) electrons. The quantitative estimate of drug-likeness (QED) is 0.752. The van der Waals surface area contributed by atoms with Crippen LogP contribution in [0.5, 0.6) is 5.88 Å². The number of hydrogen-bond acceptors (Lipinski definition) is 4. The van der Waals surface area contributed by atoms with E-state index in [9.17, 15) is 0 Å². The molecule has 4 nitrogen and oxygen atoms in total. The second-order valence-corrected chi connectivity index (χ2v) is 3.14. The molecule has 0 bridgehead atoms. The van der Waals surface area contributed by atoms with E-state index in [1.807, 2.05) is 12.1 Å². The van der Waals surface area contributed by atoms with Gasteiger partial charge in [-0.25, -0.2) is 0 Å². The number of methoxy groups -OCH3 is 1. The first kappa shape index (κ1) is 9.98. The minimum atomic E-state index is 0.296. The van der Waals surface area contributed by atoms with E-state index in [1.165, 1.54) is 7.11 Å². The van der Waals surface area contributed by atoms with Crippen LogP contribution in [0.3, 0.4) is 0 Å². The van der Waals surface area contributed by atoms with Crippen molar-refractivity contribution in [3.63, 3.8) is 0 Å². The third-order valence-electron chi connectivity index (χ3n) is 2.02. The maximum atomic E-state index is 5.81. The molecule has 0 aliphatic rings. The van der Waals surface area contributed by atoms with Crippen LogP contribution >= 0.6 is 11.6 Å². The summed E-state index contributed by atoms with van der Waals surface area (Å²) in [5, 5.41) is 3.78. The molecule has 0 aromatic carbocycles. The second-order valence-electron chi connectivity index (χ2n) is 2.87. The Morgan fingerprint density at radius 2 is 2.13 bits per heavy atom. The Balaban J connectivity index is 2.49. The third-order valence-corrected chi connectivity index (χ3v) is 2.29. The molecule has 0 aliphatic carbocycles. The van der Waals surface area contributed by atoms with Crippen molar-refractivity contribution < 1.29 is 9.26 Å². The summed E-state index contributed by atoms with van der Waals surface area (Å²) < 4.78 is 10.2. The van der Waals surface area contributed by atoms with Crippen LogP contribution in [0, 0.1) is 0 Å². The summed E-state index contributed by atoms with van der Waals surface area (Å²) in [6.07, 6.45) is 3.37. The van der Waals surface area contributed by atoms with Crippen LogP contribution < -0.4 is 4.74 Å². The number of hydrogen-bond donors (Lipinski definition) is 0. The van der Waals surface area contributed by atoms with Crippen molar-refractivity contribution in [2.75, 3.05) is 7.11 Å². The Hall–Kier alpha value is -1.55. The summed E-state index contributed by atoms with van der Waals surface area (Å²) in [6.45, 7) is 0. The fourth-order valence-corrected chi connectivity index (χ4v) is 1.54. The van der Waals surface area contributed by atoms with Crippen LogP contribution in [0.15, 0.2) is 29.0 Å². The second kappa shape index (κ2) is 4.31. The van der Waals surface area contributed by atoms with E-state index in [0.29, 0.717) is 17.5 Å². The van der Waals surface area contributed by atoms with Crippen LogP contribution in [0.4, 0.5) is 0 Å². The Kier molecular flexibility index (Phi) is 2.87. The summed E-state index contributed by atoms with van der Waals surface area (Å²) in [4.78, 5) is 3.93. The van der Waals surface area contributed by atoms with Gasteiger partial charge in [-0.2, -0.15) is 0 Å². The van der Waals surface area contributed by atoms with Gasteiger partial charge in [0.05, 0.1) is 18.6 Å². The summed E-state index contributed by atoms with van der Waals surface area (Å²) >= 11 is 5.81. The predicted octanol–water partition coefficient (Wildman–Crippen LogP) is 2.48. The molecule has 0 saturated carbocycles. The topological polar surface area (TPSA) is 48.2 Å². The highest BCUT2D eigenvalue weighted by molar-refractivity contribution is 6.17. The van der Waals surface area contributed by atoms with E-state index in [1.54, 1.807) is 12.4 Å². The van der Waals surface area contributed by atoms with E-state index in [4.69, 9.17) is 20.9 Å². The van der Waals surface area contributed by atoms with Crippen LogP contribution in [0.25, 0.3) is 11.3 Å². The van der Waals surface area contributed by atoms with Crippen molar-refractivity contribution >= 4 is 11.6 Å².